The third kappa shape index (κ3) is 2.75. The van der Waals surface area contributed by atoms with Crippen LogP contribution in [0.3, 0.4) is 0 Å². The Morgan fingerprint density at radius 2 is 1.80 bits per heavy atom. The van der Waals surface area contributed by atoms with Gasteiger partial charge in [-0.1, -0.05) is 12.8 Å². The van der Waals surface area contributed by atoms with Gasteiger partial charge >= 0.3 is 0 Å². The van der Waals surface area contributed by atoms with Crippen molar-refractivity contribution < 1.29 is 22.0 Å². The van der Waals surface area contributed by atoms with Gasteiger partial charge < -0.3 is 0 Å². The third-order valence-corrected chi connectivity index (χ3v) is 6.43. The molecule has 1 fully saturated rings. The zero-order valence-electron chi connectivity index (χ0n) is 11.1. The van der Waals surface area contributed by atoms with Gasteiger partial charge in [-0.05, 0) is 38.0 Å². The summed E-state index contributed by atoms with van der Waals surface area (Å²) in [6.07, 6.45) is 2.82. The molecule has 6 heteroatoms. The van der Waals surface area contributed by atoms with E-state index in [1.54, 1.807) is 0 Å². The Balaban J connectivity index is 2.25. The molecule has 0 bridgehead atoms. The minimum atomic E-state index is -3.57. The molecule has 1 atom stereocenters. The molecule has 1 aromatic carbocycles. The zero-order chi connectivity index (χ0) is 14.9. The lowest BCUT2D eigenvalue weighted by molar-refractivity contribution is 0.0990. The van der Waals surface area contributed by atoms with Gasteiger partial charge in [-0.15, -0.1) is 0 Å². The first-order chi connectivity index (χ1) is 9.34. The SMILES string of the molecule is CC(C(=O)c1ccc(F)c(F)c1)S(=O)(=O)C1CCCC1. The fourth-order valence-electron chi connectivity index (χ4n) is 2.54. The van der Waals surface area contributed by atoms with E-state index in [1.165, 1.54) is 6.92 Å². The first-order valence-corrected chi connectivity index (χ1v) is 8.17. The number of hydrogen-bond acceptors (Lipinski definition) is 3. The number of carbonyl (C=O) groups excluding carboxylic acids is 1. The lowest BCUT2D eigenvalue weighted by atomic mass is 10.1. The minimum absolute atomic E-state index is 0.113. The van der Waals surface area contributed by atoms with Gasteiger partial charge in [0.1, 0.15) is 5.25 Å². The molecule has 3 nitrogen and oxygen atoms in total. The fourth-order valence-corrected chi connectivity index (χ4v) is 4.54. The quantitative estimate of drug-likeness (QED) is 0.804. The van der Waals surface area contributed by atoms with Crippen LogP contribution in [0.15, 0.2) is 18.2 Å². The van der Waals surface area contributed by atoms with Gasteiger partial charge in [0.25, 0.3) is 0 Å². The van der Waals surface area contributed by atoms with Gasteiger partial charge in [-0.3, -0.25) is 4.79 Å². The van der Waals surface area contributed by atoms with Crippen molar-refractivity contribution in [3.05, 3.63) is 35.4 Å². The van der Waals surface area contributed by atoms with Crippen molar-refractivity contribution in [3.63, 3.8) is 0 Å². The molecule has 0 saturated heterocycles. The Kier molecular flexibility index (Phi) is 4.22. The molecule has 110 valence electrons. The van der Waals surface area contributed by atoms with Crippen molar-refractivity contribution >= 4 is 15.6 Å². The average Bonchev–Trinajstić information content (AvgIpc) is 2.95. The van der Waals surface area contributed by atoms with Crippen molar-refractivity contribution in [3.8, 4) is 0 Å². The molecule has 1 unspecified atom stereocenters. The van der Waals surface area contributed by atoms with E-state index in [9.17, 15) is 22.0 Å². The highest BCUT2D eigenvalue weighted by molar-refractivity contribution is 7.93. The number of ketones is 1. The molecular weight excluding hydrogens is 286 g/mol. The second kappa shape index (κ2) is 5.60. The molecule has 1 aliphatic carbocycles. The van der Waals surface area contributed by atoms with Crippen molar-refractivity contribution in [2.24, 2.45) is 0 Å². The van der Waals surface area contributed by atoms with Gasteiger partial charge in [0.15, 0.2) is 27.3 Å². The standard InChI is InChI=1S/C14H16F2O3S/c1-9(20(18,19)11-4-2-3-5-11)14(17)10-6-7-12(15)13(16)8-10/h6-9,11H,2-5H2,1H3. The van der Waals surface area contributed by atoms with E-state index in [0.29, 0.717) is 12.8 Å². The van der Waals surface area contributed by atoms with Gasteiger partial charge in [-0.25, -0.2) is 17.2 Å². The lowest BCUT2D eigenvalue weighted by Gasteiger charge is -2.17. The maximum atomic E-state index is 13.1. The first kappa shape index (κ1) is 15.1. The number of sulfone groups is 1. The summed E-state index contributed by atoms with van der Waals surface area (Å²) < 4.78 is 50.6. The number of hydrogen-bond donors (Lipinski definition) is 0. The van der Waals surface area contributed by atoms with E-state index in [4.69, 9.17) is 0 Å². The van der Waals surface area contributed by atoms with Crippen LogP contribution < -0.4 is 0 Å². The van der Waals surface area contributed by atoms with Crippen molar-refractivity contribution in [2.75, 3.05) is 0 Å². The molecule has 1 saturated carbocycles. The van der Waals surface area contributed by atoms with Crippen LogP contribution in [0.4, 0.5) is 8.78 Å². The largest absolute Gasteiger partial charge is 0.293 e. The molecule has 0 amide bonds. The fraction of sp³-hybridized carbons (Fsp3) is 0.500. The lowest BCUT2D eigenvalue weighted by Crippen LogP contribution is -2.34. The van der Waals surface area contributed by atoms with Crippen molar-refractivity contribution in [1.82, 2.24) is 0 Å². The molecule has 1 aliphatic rings. The minimum Gasteiger partial charge on any atom is -0.293 e. The summed E-state index contributed by atoms with van der Waals surface area (Å²) in [7, 11) is -3.57. The molecule has 1 aromatic rings. The van der Waals surface area contributed by atoms with Gasteiger partial charge in [0.05, 0.1) is 5.25 Å². The molecule has 20 heavy (non-hydrogen) atoms. The molecular formula is C14H16F2O3S. The molecule has 0 aromatic heterocycles. The van der Waals surface area contributed by atoms with Gasteiger partial charge in [0.2, 0.25) is 0 Å². The Morgan fingerprint density at radius 1 is 1.20 bits per heavy atom. The zero-order valence-corrected chi connectivity index (χ0v) is 11.9. The van der Waals surface area contributed by atoms with E-state index in [0.717, 1.165) is 31.0 Å². The molecule has 0 aliphatic heterocycles. The normalized spacial score (nSPS) is 18.1. The second-order valence-corrected chi connectivity index (χ2v) is 7.68. The summed E-state index contributed by atoms with van der Waals surface area (Å²) in [4.78, 5) is 12.1. The summed E-state index contributed by atoms with van der Waals surface area (Å²) >= 11 is 0. The van der Waals surface area contributed by atoms with Crippen LogP contribution in [0, 0.1) is 11.6 Å². The number of halogens is 2. The summed E-state index contributed by atoms with van der Waals surface area (Å²) in [6, 6.07) is 2.69. The monoisotopic (exact) mass is 302 g/mol. The smallest absolute Gasteiger partial charge is 0.180 e. The highest BCUT2D eigenvalue weighted by atomic mass is 32.2. The van der Waals surface area contributed by atoms with E-state index in [1.807, 2.05) is 0 Å². The molecule has 0 heterocycles. The molecule has 0 radical (unpaired) electrons. The van der Waals surface area contributed by atoms with Crippen LogP contribution in [0.25, 0.3) is 0 Å². The maximum Gasteiger partial charge on any atom is 0.180 e. The third-order valence-electron chi connectivity index (χ3n) is 3.83. The molecule has 0 spiro atoms. The molecule has 2 rings (SSSR count). The number of carbonyl (C=O) groups is 1. The van der Waals surface area contributed by atoms with Crippen molar-refractivity contribution in [2.45, 2.75) is 43.1 Å². The average molecular weight is 302 g/mol. The van der Waals surface area contributed by atoms with Gasteiger partial charge in [0, 0.05) is 5.56 Å². The highest BCUT2D eigenvalue weighted by Gasteiger charge is 2.37. The van der Waals surface area contributed by atoms with Crippen LogP contribution in [-0.4, -0.2) is 24.7 Å². The summed E-state index contributed by atoms with van der Waals surface area (Å²) in [5, 5.41) is -1.72. The van der Waals surface area contributed by atoms with E-state index in [-0.39, 0.29) is 5.56 Å². The number of rotatable bonds is 4. The summed E-state index contributed by atoms with van der Waals surface area (Å²) in [5.74, 6) is -2.90. The Bertz CT molecular complexity index is 619. The Labute approximate surface area is 116 Å². The summed E-state index contributed by atoms with van der Waals surface area (Å²) in [6.45, 7) is 1.32. The predicted octanol–water partition coefficient (Wildman–Crippen LogP) is 2.89. The highest BCUT2D eigenvalue weighted by Crippen LogP contribution is 2.28. The van der Waals surface area contributed by atoms with Crippen LogP contribution in [0.5, 0.6) is 0 Å². The van der Waals surface area contributed by atoms with Crippen LogP contribution in [0.2, 0.25) is 0 Å². The van der Waals surface area contributed by atoms with E-state index < -0.39 is 37.8 Å². The first-order valence-electron chi connectivity index (χ1n) is 6.56. The second-order valence-electron chi connectivity index (χ2n) is 5.13. The van der Waals surface area contributed by atoms with E-state index >= 15 is 0 Å². The van der Waals surface area contributed by atoms with Crippen LogP contribution in [-0.2, 0) is 9.84 Å². The summed E-state index contributed by atoms with van der Waals surface area (Å²) in [5.41, 5.74) is -0.113. The van der Waals surface area contributed by atoms with Crippen LogP contribution >= 0.6 is 0 Å². The Morgan fingerprint density at radius 3 is 2.35 bits per heavy atom. The Hall–Kier alpha value is -1.30. The van der Waals surface area contributed by atoms with Gasteiger partial charge in [-0.2, -0.15) is 0 Å². The number of Topliss-reactive ketones (excluding diaryl/α,β-unsaturated/α-hetero) is 1. The maximum absolute atomic E-state index is 13.1. The van der Waals surface area contributed by atoms with E-state index in [2.05, 4.69) is 0 Å². The molecule has 0 N–H and O–H groups in total. The number of benzene rings is 1. The predicted molar refractivity (Wildman–Crippen MR) is 71.3 cm³/mol. The topological polar surface area (TPSA) is 51.2 Å². The van der Waals surface area contributed by atoms with Crippen molar-refractivity contribution in [1.29, 1.82) is 0 Å². The van der Waals surface area contributed by atoms with Crippen LogP contribution in [0.1, 0.15) is 43.0 Å².